The Hall–Kier alpha value is -5.59. The molecule has 1 aliphatic carbocycles. The zero-order valence-electron chi connectivity index (χ0n) is 29.8. The Labute approximate surface area is 302 Å². The van der Waals surface area contributed by atoms with Crippen molar-refractivity contribution in [3.05, 3.63) is 72.5 Å². The maximum Gasteiger partial charge on any atom is 0.407 e. The Balaban J connectivity index is 1.06. The standard InChI is InChI=1S/C39H45N7O6/c1-24(2)35(44-39(51)52-3)38(50)46-20-8-12-31(46)37(49)43-33-18-14-27-22-26(13-16-29(27)41-33)28-15-17-32(40-23-28)42-36(48)30-11-7-19-45(30)34(47)21-25-9-5-4-6-10-25/h5,9-10,13-18,22-24,30-31,35H,4,6-8,11-12,19-21H2,1-3H3,(H,44,51)(H,40,42,48)(H,41,43,49)/t30-,31-,35-/m0/s1. The molecular formula is C39H45N7O6. The molecule has 2 aliphatic heterocycles. The number of amides is 5. The van der Waals surface area contributed by atoms with Crippen molar-refractivity contribution in [2.45, 2.75) is 76.9 Å². The Morgan fingerprint density at radius 1 is 0.865 bits per heavy atom. The number of hydrogen-bond acceptors (Lipinski definition) is 8. The summed E-state index contributed by atoms with van der Waals surface area (Å²) in [5.41, 5.74) is 3.42. The van der Waals surface area contributed by atoms with Crippen LogP contribution in [0.2, 0.25) is 0 Å². The van der Waals surface area contributed by atoms with Crippen LogP contribution in [0.5, 0.6) is 0 Å². The van der Waals surface area contributed by atoms with Crippen molar-refractivity contribution < 1.29 is 28.7 Å². The maximum atomic E-state index is 13.4. The van der Waals surface area contributed by atoms with Gasteiger partial charge < -0.3 is 30.5 Å². The van der Waals surface area contributed by atoms with Crippen molar-refractivity contribution in [3.8, 4) is 11.1 Å². The number of carbonyl (C=O) groups is 5. The van der Waals surface area contributed by atoms with Crippen LogP contribution in [0.3, 0.4) is 0 Å². The Morgan fingerprint density at radius 2 is 1.56 bits per heavy atom. The molecule has 3 N–H and O–H groups in total. The fourth-order valence-corrected chi connectivity index (χ4v) is 7.03. The highest BCUT2D eigenvalue weighted by Gasteiger charge is 2.39. The molecule has 2 fully saturated rings. The van der Waals surface area contributed by atoms with E-state index in [9.17, 15) is 24.0 Å². The first-order chi connectivity index (χ1) is 25.1. The van der Waals surface area contributed by atoms with E-state index in [1.807, 2.05) is 50.3 Å². The van der Waals surface area contributed by atoms with Crippen LogP contribution >= 0.6 is 0 Å². The third-order valence-electron chi connectivity index (χ3n) is 9.82. The molecule has 6 rings (SSSR count). The zero-order chi connectivity index (χ0) is 36.8. The number of methoxy groups -OCH3 is 1. The molecule has 3 aromatic rings. The van der Waals surface area contributed by atoms with Gasteiger partial charge in [0, 0.05) is 30.2 Å². The number of likely N-dealkylation sites (tertiary alicyclic amines) is 2. The molecule has 13 nitrogen and oxygen atoms in total. The van der Waals surface area contributed by atoms with E-state index in [2.05, 4.69) is 42.8 Å². The molecule has 3 atom stereocenters. The van der Waals surface area contributed by atoms with Crippen LogP contribution in [0.25, 0.3) is 22.0 Å². The normalized spacial score (nSPS) is 19.0. The van der Waals surface area contributed by atoms with E-state index < -0.39 is 24.2 Å². The molecule has 52 heavy (non-hydrogen) atoms. The summed E-state index contributed by atoms with van der Waals surface area (Å²) in [6, 6.07) is 10.9. The molecule has 0 spiro atoms. The van der Waals surface area contributed by atoms with Crippen LogP contribution in [0.15, 0.2) is 72.5 Å². The minimum atomic E-state index is -0.814. The summed E-state index contributed by atoms with van der Waals surface area (Å²) in [5.74, 6) is -0.347. The second kappa shape index (κ2) is 16.2. The summed E-state index contributed by atoms with van der Waals surface area (Å²) < 4.78 is 4.69. The lowest BCUT2D eigenvalue weighted by atomic mass is 10.0. The van der Waals surface area contributed by atoms with Gasteiger partial charge >= 0.3 is 6.09 Å². The van der Waals surface area contributed by atoms with Crippen LogP contribution in [0.4, 0.5) is 16.4 Å². The summed E-state index contributed by atoms with van der Waals surface area (Å²) in [6.45, 7) is 4.63. The van der Waals surface area contributed by atoms with Gasteiger partial charge in [-0.2, -0.15) is 0 Å². The van der Waals surface area contributed by atoms with Gasteiger partial charge in [0.15, 0.2) is 0 Å². The lowest BCUT2D eigenvalue weighted by molar-refractivity contribution is -0.139. The number of pyridine rings is 2. The molecule has 2 aromatic heterocycles. The second-order valence-electron chi connectivity index (χ2n) is 13.7. The number of aromatic nitrogens is 2. The zero-order valence-corrected chi connectivity index (χ0v) is 29.8. The highest BCUT2D eigenvalue weighted by Crippen LogP contribution is 2.27. The number of rotatable bonds is 10. The van der Waals surface area contributed by atoms with E-state index in [1.54, 1.807) is 23.2 Å². The first kappa shape index (κ1) is 36.2. The van der Waals surface area contributed by atoms with E-state index in [4.69, 9.17) is 0 Å². The topological polar surface area (TPSA) is 163 Å². The van der Waals surface area contributed by atoms with Crippen LogP contribution in [-0.2, 0) is 23.9 Å². The number of alkyl carbamates (subject to hydrolysis) is 1. The molecule has 0 bridgehead atoms. The number of anilines is 2. The Kier molecular flexibility index (Phi) is 11.3. The summed E-state index contributed by atoms with van der Waals surface area (Å²) in [7, 11) is 1.24. The van der Waals surface area contributed by atoms with Gasteiger partial charge in [-0.05, 0) is 92.0 Å². The van der Waals surface area contributed by atoms with E-state index in [-0.39, 0.29) is 29.5 Å². The molecule has 3 aliphatic rings. The predicted octanol–water partition coefficient (Wildman–Crippen LogP) is 5.20. The fourth-order valence-electron chi connectivity index (χ4n) is 7.03. The number of allylic oxidation sites excluding steroid dienone is 3. The van der Waals surface area contributed by atoms with Crippen LogP contribution in [0, 0.1) is 5.92 Å². The van der Waals surface area contributed by atoms with Crippen molar-refractivity contribution in [3.63, 3.8) is 0 Å². The molecule has 0 unspecified atom stereocenters. The monoisotopic (exact) mass is 707 g/mol. The molecule has 5 amide bonds. The molecule has 13 heteroatoms. The molecular weight excluding hydrogens is 662 g/mol. The number of benzene rings is 1. The van der Waals surface area contributed by atoms with Gasteiger partial charge in [-0.3, -0.25) is 19.2 Å². The van der Waals surface area contributed by atoms with Gasteiger partial charge in [-0.25, -0.2) is 14.8 Å². The lowest BCUT2D eigenvalue weighted by Gasteiger charge is -2.30. The number of ether oxygens (including phenoxy) is 1. The van der Waals surface area contributed by atoms with Crippen LogP contribution < -0.4 is 16.0 Å². The minimum absolute atomic E-state index is 0.0300. The first-order valence-corrected chi connectivity index (χ1v) is 17.9. The van der Waals surface area contributed by atoms with Gasteiger partial charge in [0.05, 0.1) is 19.0 Å². The third-order valence-corrected chi connectivity index (χ3v) is 9.82. The summed E-state index contributed by atoms with van der Waals surface area (Å²) >= 11 is 0. The first-order valence-electron chi connectivity index (χ1n) is 17.9. The lowest BCUT2D eigenvalue weighted by Crippen LogP contribution is -2.54. The van der Waals surface area contributed by atoms with Crippen molar-refractivity contribution in [2.24, 2.45) is 5.92 Å². The average molecular weight is 708 g/mol. The van der Waals surface area contributed by atoms with Crippen molar-refractivity contribution >= 4 is 52.3 Å². The smallest absolute Gasteiger partial charge is 0.407 e. The van der Waals surface area contributed by atoms with Crippen molar-refractivity contribution in [1.82, 2.24) is 25.1 Å². The Morgan fingerprint density at radius 3 is 2.23 bits per heavy atom. The quantitative estimate of drug-likeness (QED) is 0.259. The van der Waals surface area contributed by atoms with E-state index in [1.165, 1.54) is 12.0 Å². The Bertz CT molecular complexity index is 1910. The number of fused-ring (bicyclic) bond motifs is 1. The van der Waals surface area contributed by atoms with Crippen molar-refractivity contribution in [2.75, 3.05) is 30.8 Å². The highest BCUT2D eigenvalue weighted by atomic mass is 16.5. The molecule has 1 aromatic carbocycles. The van der Waals surface area contributed by atoms with Crippen LogP contribution in [-0.4, -0.2) is 87.8 Å². The van der Waals surface area contributed by atoms with E-state index in [0.717, 1.165) is 41.3 Å². The third kappa shape index (κ3) is 8.30. The van der Waals surface area contributed by atoms with Gasteiger partial charge in [-0.1, -0.05) is 38.1 Å². The highest BCUT2D eigenvalue weighted by molar-refractivity contribution is 5.99. The summed E-state index contributed by atoms with van der Waals surface area (Å²) in [4.78, 5) is 77.1. The molecule has 2 saturated heterocycles. The molecule has 0 radical (unpaired) electrons. The number of nitrogens with zero attached hydrogens (tertiary/aromatic N) is 4. The average Bonchev–Trinajstić information content (AvgIpc) is 3.85. The second-order valence-corrected chi connectivity index (χ2v) is 13.7. The van der Waals surface area contributed by atoms with E-state index >= 15 is 0 Å². The minimum Gasteiger partial charge on any atom is -0.453 e. The molecule has 4 heterocycles. The van der Waals surface area contributed by atoms with Gasteiger partial charge in [-0.15, -0.1) is 0 Å². The van der Waals surface area contributed by atoms with Crippen LogP contribution in [0.1, 0.15) is 58.8 Å². The van der Waals surface area contributed by atoms with Crippen molar-refractivity contribution in [1.29, 1.82) is 0 Å². The van der Waals surface area contributed by atoms with Gasteiger partial charge in [0.1, 0.15) is 29.8 Å². The largest absolute Gasteiger partial charge is 0.453 e. The summed E-state index contributed by atoms with van der Waals surface area (Å²) in [6.07, 6.45) is 12.0. The number of nitrogens with one attached hydrogen (secondary N) is 3. The SMILES string of the molecule is COC(=O)N[C@H](C(=O)N1CCC[C@H]1C(=O)Nc1ccc2cc(-c3ccc(NC(=O)[C@@H]4CCCN4C(=O)CC4=CCCC=C4)nc3)ccc2n1)C(C)C. The number of carbonyl (C=O) groups excluding carboxylic acids is 5. The summed E-state index contributed by atoms with van der Waals surface area (Å²) in [5, 5.41) is 9.20. The number of hydrogen-bond donors (Lipinski definition) is 3. The molecule has 272 valence electrons. The van der Waals surface area contributed by atoms with Gasteiger partial charge in [0.25, 0.3) is 0 Å². The van der Waals surface area contributed by atoms with Gasteiger partial charge in [0.2, 0.25) is 23.6 Å². The molecule has 0 saturated carbocycles. The van der Waals surface area contributed by atoms with E-state index in [0.29, 0.717) is 55.9 Å². The fraction of sp³-hybridized carbons (Fsp3) is 0.410. The maximum absolute atomic E-state index is 13.4. The predicted molar refractivity (Wildman–Crippen MR) is 197 cm³/mol.